The highest BCUT2D eigenvalue weighted by Gasteiger charge is 2.11. The molecule has 0 saturated heterocycles. The Labute approximate surface area is 88.2 Å². The van der Waals surface area contributed by atoms with E-state index in [0.717, 1.165) is 11.1 Å². The van der Waals surface area contributed by atoms with E-state index in [9.17, 15) is 0 Å². The van der Waals surface area contributed by atoms with Crippen LogP contribution in [0.5, 0.6) is 0 Å². The van der Waals surface area contributed by atoms with Gasteiger partial charge in [0.15, 0.2) is 0 Å². The van der Waals surface area contributed by atoms with E-state index in [-0.39, 0.29) is 6.04 Å². The summed E-state index contributed by atoms with van der Waals surface area (Å²) in [6, 6.07) is 7.66. The Morgan fingerprint density at radius 2 is 1.53 bits per heavy atom. The van der Waals surface area contributed by atoms with E-state index < -0.39 is 0 Å². The smallest absolute Gasteiger partial charge is 0.0739 e. The molecule has 4 nitrogen and oxygen atoms in total. The zero-order valence-electron chi connectivity index (χ0n) is 8.17. The molecular formula is C11H12N4. The summed E-state index contributed by atoms with van der Waals surface area (Å²) in [6.07, 6.45) is 7.05. The first-order valence-corrected chi connectivity index (χ1v) is 4.68. The van der Waals surface area contributed by atoms with Crippen LogP contribution in [0.4, 0.5) is 0 Å². The highest BCUT2D eigenvalue weighted by molar-refractivity contribution is 5.27. The molecule has 0 aromatic carbocycles. The molecule has 0 aliphatic rings. The molecule has 0 spiro atoms. The summed E-state index contributed by atoms with van der Waals surface area (Å²) in [6.45, 7) is 0. The summed E-state index contributed by atoms with van der Waals surface area (Å²) in [5, 5.41) is 0. The summed E-state index contributed by atoms with van der Waals surface area (Å²) in [4.78, 5) is 8.13. The lowest BCUT2D eigenvalue weighted by molar-refractivity contribution is 0.632. The second kappa shape index (κ2) is 4.63. The maximum atomic E-state index is 5.53. The van der Waals surface area contributed by atoms with Crippen molar-refractivity contribution in [3.8, 4) is 0 Å². The van der Waals surface area contributed by atoms with E-state index in [1.807, 2.05) is 24.3 Å². The molecule has 0 bridgehead atoms. The van der Waals surface area contributed by atoms with Crippen LogP contribution in [0.1, 0.15) is 17.2 Å². The molecule has 0 aliphatic heterocycles. The molecule has 76 valence electrons. The predicted molar refractivity (Wildman–Crippen MR) is 57.6 cm³/mol. The molecule has 3 N–H and O–H groups in total. The molecule has 2 aromatic rings. The van der Waals surface area contributed by atoms with Gasteiger partial charge in [0.2, 0.25) is 0 Å². The molecular weight excluding hydrogens is 188 g/mol. The van der Waals surface area contributed by atoms with Crippen molar-refractivity contribution in [3.63, 3.8) is 0 Å². The molecule has 0 aliphatic carbocycles. The molecule has 2 heterocycles. The van der Waals surface area contributed by atoms with Crippen molar-refractivity contribution >= 4 is 0 Å². The van der Waals surface area contributed by atoms with Gasteiger partial charge in [-0.2, -0.15) is 0 Å². The maximum Gasteiger partial charge on any atom is 0.0739 e. The lowest BCUT2D eigenvalue weighted by Crippen LogP contribution is -2.28. The molecule has 15 heavy (non-hydrogen) atoms. The van der Waals surface area contributed by atoms with Gasteiger partial charge in [-0.3, -0.25) is 15.8 Å². The van der Waals surface area contributed by atoms with Gasteiger partial charge in [0, 0.05) is 24.8 Å². The van der Waals surface area contributed by atoms with Crippen molar-refractivity contribution < 1.29 is 0 Å². The number of hydrogen-bond donors (Lipinski definition) is 2. The van der Waals surface area contributed by atoms with Gasteiger partial charge in [0.1, 0.15) is 0 Å². The van der Waals surface area contributed by atoms with Crippen LogP contribution in [0.3, 0.4) is 0 Å². The number of hydrazine groups is 1. The van der Waals surface area contributed by atoms with Crippen LogP contribution in [0.15, 0.2) is 49.1 Å². The van der Waals surface area contributed by atoms with Crippen LogP contribution >= 0.6 is 0 Å². The van der Waals surface area contributed by atoms with Crippen LogP contribution in [0.25, 0.3) is 0 Å². The third-order valence-electron chi connectivity index (χ3n) is 2.20. The first-order valence-electron chi connectivity index (χ1n) is 4.68. The van der Waals surface area contributed by atoms with E-state index in [0.29, 0.717) is 0 Å². The van der Waals surface area contributed by atoms with Crippen molar-refractivity contribution in [2.45, 2.75) is 6.04 Å². The van der Waals surface area contributed by atoms with Crippen LogP contribution in [0, 0.1) is 0 Å². The zero-order chi connectivity index (χ0) is 10.5. The van der Waals surface area contributed by atoms with Crippen LogP contribution in [-0.4, -0.2) is 9.97 Å². The normalized spacial score (nSPS) is 10.5. The Morgan fingerprint density at radius 3 is 1.87 bits per heavy atom. The molecule has 0 radical (unpaired) electrons. The van der Waals surface area contributed by atoms with E-state index in [1.165, 1.54) is 0 Å². The summed E-state index contributed by atoms with van der Waals surface area (Å²) < 4.78 is 0. The number of hydrogen-bond acceptors (Lipinski definition) is 4. The largest absolute Gasteiger partial charge is 0.271 e. The number of pyridine rings is 2. The number of nitrogens with two attached hydrogens (primary N) is 1. The first kappa shape index (κ1) is 9.76. The first-order chi connectivity index (χ1) is 7.42. The van der Waals surface area contributed by atoms with Crippen molar-refractivity contribution in [1.82, 2.24) is 15.4 Å². The van der Waals surface area contributed by atoms with Crippen LogP contribution in [0.2, 0.25) is 0 Å². The second-order valence-corrected chi connectivity index (χ2v) is 3.17. The Balaban J connectivity index is 2.34. The zero-order valence-corrected chi connectivity index (χ0v) is 8.17. The lowest BCUT2D eigenvalue weighted by atomic mass is 10.0. The van der Waals surface area contributed by atoms with Crippen molar-refractivity contribution in [1.29, 1.82) is 0 Å². The van der Waals surface area contributed by atoms with Gasteiger partial charge < -0.3 is 0 Å². The Morgan fingerprint density at radius 1 is 1.00 bits per heavy atom. The monoisotopic (exact) mass is 200 g/mol. The summed E-state index contributed by atoms with van der Waals surface area (Å²) in [5.74, 6) is 5.53. The number of nitrogens with one attached hydrogen (secondary N) is 1. The molecule has 2 aromatic heterocycles. The van der Waals surface area contributed by atoms with Gasteiger partial charge in [-0.25, -0.2) is 5.43 Å². The average Bonchev–Trinajstić information content (AvgIpc) is 2.33. The lowest BCUT2D eigenvalue weighted by Gasteiger charge is -2.15. The molecule has 2 rings (SSSR count). The van der Waals surface area contributed by atoms with Gasteiger partial charge in [-0.15, -0.1) is 0 Å². The number of aromatic nitrogens is 2. The molecule has 0 fully saturated rings. The average molecular weight is 200 g/mol. The third-order valence-corrected chi connectivity index (χ3v) is 2.20. The highest BCUT2D eigenvalue weighted by Crippen LogP contribution is 2.18. The van der Waals surface area contributed by atoms with Crippen molar-refractivity contribution in [2.24, 2.45) is 5.84 Å². The van der Waals surface area contributed by atoms with Gasteiger partial charge in [0.05, 0.1) is 6.04 Å². The van der Waals surface area contributed by atoms with Gasteiger partial charge in [-0.1, -0.05) is 12.1 Å². The van der Waals surface area contributed by atoms with E-state index in [1.54, 1.807) is 24.8 Å². The molecule has 0 saturated carbocycles. The molecule has 0 amide bonds. The third kappa shape index (κ3) is 2.18. The Hall–Kier alpha value is -1.78. The van der Waals surface area contributed by atoms with E-state index >= 15 is 0 Å². The van der Waals surface area contributed by atoms with E-state index in [4.69, 9.17) is 5.84 Å². The fourth-order valence-electron chi connectivity index (χ4n) is 1.48. The predicted octanol–water partition coefficient (Wildman–Crippen LogP) is 1.03. The van der Waals surface area contributed by atoms with Crippen molar-refractivity contribution in [2.75, 3.05) is 0 Å². The molecule has 0 atom stereocenters. The minimum atomic E-state index is -0.0626. The van der Waals surface area contributed by atoms with E-state index in [2.05, 4.69) is 15.4 Å². The SMILES string of the molecule is NNC(c1cccnc1)c1cccnc1. The van der Waals surface area contributed by atoms with Crippen LogP contribution < -0.4 is 11.3 Å². The fourth-order valence-corrected chi connectivity index (χ4v) is 1.48. The standard InChI is InChI=1S/C11H12N4/c12-15-11(9-3-1-5-13-7-9)10-4-2-6-14-8-10/h1-8,11,15H,12H2. The Bertz CT molecular complexity index is 362. The number of nitrogens with zero attached hydrogens (tertiary/aromatic N) is 2. The van der Waals surface area contributed by atoms with Gasteiger partial charge in [-0.05, 0) is 23.3 Å². The summed E-state index contributed by atoms with van der Waals surface area (Å²) in [7, 11) is 0. The Kier molecular flexibility index (Phi) is 3.02. The summed E-state index contributed by atoms with van der Waals surface area (Å²) >= 11 is 0. The molecule has 4 heteroatoms. The van der Waals surface area contributed by atoms with Crippen molar-refractivity contribution in [3.05, 3.63) is 60.2 Å². The van der Waals surface area contributed by atoms with Gasteiger partial charge in [0.25, 0.3) is 0 Å². The van der Waals surface area contributed by atoms with Crippen LogP contribution in [-0.2, 0) is 0 Å². The molecule has 0 unspecified atom stereocenters. The second-order valence-electron chi connectivity index (χ2n) is 3.17. The minimum Gasteiger partial charge on any atom is -0.271 e. The topological polar surface area (TPSA) is 63.8 Å². The number of rotatable bonds is 3. The maximum absolute atomic E-state index is 5.53. The minimum absolute atomic E-state index is 0.0626. The summed E-state index contributed by atoms with van der Waals surface area (Å²) in [5.41, 5.74) is 4.80. The fraction of sp³-hybridized carbons (Fsp3) is 0.0909. The highest BCUT2D eigenvalue weighted by atomic mass is 15.2. The van der Waals surface area contributed by atoms with Gasteiger partial charge >= 0.3 is 0 Å². The quantitative estimate of drug-likeness (QED) is 0.573.